The summed E-state index contributed by atoms with van der Waals surface area (Å²) in [6, 6.07) is 15.5. The molecule has 36 heavy (non-hydrogen) atoms. The van der Waals surface area contributed by atoms with Gasteiger partial charge in [-0.05, 0) is 48.0 Å². The molecule has 3 aromatic rings. The first-order valence-corrected chi connectivity index (χ1v) is 11.2. The molecule has 4 rings (SSSR count). The van der Waals surface area contributed by atoms with E-state index in [2.05, 4.69) is 4.98 Å². The highest BCUT2D eigenvalue weighted by atomic mass is 19.1. The van der Waals surface area contributed by atoms with Crippen LogP contribution in [0.4, 0.5) is 10.2 Å². The monoisotopic (exact) mass is 486 g/mol. The first-order chi connectivity index (χ1) is 17.4. The third-order valence-corrected chi connectivity index (χ3v) is 5.96. The number of nitrogens with zero attached hydrogens (tertiary/aromatic N) is 4. The van der Waals surface area contributed by atoms with Gasteiger partial charge < -0.3 is 9.80 Å². The van der Waals surface area contributed by atoms with Gasteiger partial charge in [0.2, 0.25) is 0 Å². The molecule has 0 bridgehead atoms. The lowest BCUT2D eigenvalue weighted by molar-refractivity contribution is 0.0745. The molecule has 0 spiro atoms. The number of nitrogen functional groups attached to an aromatic ring is 1. The largest absolute Gasteiger partial charge is 0.353 e. The molecular formula is C26H23FN6O3. The Labute approximate surface area is 206 Å². The maximum Gasteiger partial charge on any atom is 0.265 e. The van der Waals surface area contributed by atoms with Crippen LogP contribution in [0.1, 0.15) is 42.2 Å². The van der Waals surface area contributed by atoms with Gasteiger partial charge in [-0.25, -0.2) is 15.2 Å². The lowest BCUT2D eigenvalue weighted by atomic mass is 9.97. The standard InChI is InChI=1S/C26H23FN6O3/c27-20-5-6-21(25(35)31-29)22(14-20)23(34)13-17-2-1-3-19(12-17)26(36)33-10-8-32(9-11-33)24-7-4-18(15-28)16-30-24/h1-7,12,14,16H,8-11,13,29H2,(H,31,35). The van der Waals surface area contributed by atoms with Crippen molar-refractivity contribution < 1.29 is 18.8 Å². The number of ketones is 1. The minimum atomic E-state index is -0.697. The molecule has 1 fully saturated rings. The van der Waals surface area contributed by atoms with Crippen LogP contribution < -0.4 is 16.2 Å². The number of nitrogens with two attached hydrogens (primary N) is 1. The zero-order valence-corrected chi connectivity index (χ0v) is 19.3. The van der Waals surface area contributed by atoms with E-state index in [1.54, 1.807) is 41.3 Å². The Balaban J connectivity index is 1.43. The van der Waals surface area contributed by atoms with Gasteiger partial charge in [0.1, 0.15) is 17.7 Å². The highest BCUT2D eigenvalue weighted by Crippen LogP contribution is 2.18. The number of Topliss-reactive ketones (excluding diaryl/α,β-unsaturated/α-hetero) is 1. The average Bonchev–Trinajstić information content (AvgIpc) is 2.92. The lowest BCUT2D eigenvalue weighted by Crippen LogP contribution is -2.49. The number of hydrogen-bond acceptors (Lipinski definition) is 7. The number of piperazine rings is 1. The molecular weight excluding hydrogens is 463 g/mol. The molecule has 0 saturated carbocycles. The summed E-state index contributed by atoms with van der Waals surface area (Å²) >= 11 is 0. The number of nitriles is 1. The average molecular weight is 487 g/mol. The van der Waals surface area contributed by atoms with Crippen LogP contribution in [0.2, 0.25) is 0 Å². The molecule has 182 valence electrons. The Bertz CT molecular complexity index is 1340. The summed E-state index contributed by atoms with van der Waals surface area (Å²) in [5.41, 5.74) is 3.34. The van der Waals surface area contributed by atoms with Gasteiger partial charge in [-0.15, -0.1) is 0 Å². The SMILES string of the molecule is N#Cc1ccc(N2CCN(C(=O)c3cccc(CC(=O)c4cc(F)ccc4C(=O)NN)c3)CC2)nc1. The molecule has 1 aromatic heterocycles. The van der Waals surface area contributed by atoms with Crippen molar-refractivity contribution in [3.05, 3.63) is 94.4 Å². The summed E-state index contributed by atoms with van der Waals surface area (Å²) < 4.78 is 13.8. The van der Waals surface area contributed by atoms with E-state index in [0.29, 0.717) is 42.9 Å². The van der Waals surface area contributed by atoms with Crippen LogP contribution in [0, 0.1) is 17.1 Å². The fraction of sp³-hybridized carbons (Fsp3) is 0.192. The van der Waals surface area contributed by atoms with Crippen LogP contribution in [0.15, 0.2) is 60.8 Å². The predicted octanol–water partition coefficient (Wildman–Crippen LogP) is 2.08. The molecule has 1 saturated heterocycles. The van der Waals surface area contributed by atoms with Crippen molar-refractivity contribution in [1.82, 2.24) is 15.3 Å². The Kier molecular flexibility index (Phi) is 7.32. The first kappa shape index (κ1) is 24.5. The molecule has 0 aliphatic carbocycles. The number of anilines is 1. The van der Waals surface area contributed by atoms with E-state index >= 15 is 0 Å². The molecule has 0 unspecified atom stereocenters. The third kappa shape index (κ3) is 5.37. The molecule has 0 radical (unpaired) electrons. The molecule has 3 N–H and O–H groups in total. The van der Waals surface area contributed by atoms with E-state index in [1.807, 2.05) is 16.4 Å². The minimum absolute atomic E-state index is 0.0224. The van der Waals surface area contributed by atoms with Gasteiger partial charge in [0, 0.05) is 49.9 Å². The summed E-state index contributed by atoms with van der Waals surface area (Å²) in [7, 11) is 0. The van der Waals surface area contributed by atoms with Crippen molar-refractivity contribution in [2.24, 2.45) is 5.84 Å². The normalized spacial score (nSPS) is 13.1. The first-order valence-electron chi connectivity index (χ1n) is 11.2. The number of hydrogen-bond donors (Lipinski definition) is 2. The molecule has 2 heterocycles. The highest BCUT2D eigenvalue weighted by molar-refractivity contribution is 6.08. The number of rotatable bonds is 6. The second-order valence-electron chi connectivity index (χ2n) is 8.26. The van der Waals surface area contributed by atoms with Gasteiger partial charge in [0.25, 0.3) is 11.8 Å². The number of carbonyl (C=O) groups excluding carboxylic acids is 3. The quantitative estimate of drug-likeness (QED) is 0.236. The molecule has 2 aromatic carbocycles. The van der Waals surface area contributed by atoms with Crippen LogP contribution >= 0.6 is 0 Å². The van der Waals surface area contributed by atoms with Crippen molar-refractivity contribution in [3.63, 3.8) is 0 Å². The van der Waals surface area contributed by atoms with Crippen molar-refractivity contribution in [3.8, 4) is 6.07 Å². The van der Waals surface area contributed by atoms with Crippen LogP contribution in [0.5, 0.6) is 0 Å². The summed E-state index contributed by atoms with van der Waals surface area (Å²) in [6.07, 6.45) is 1.41. The van der Waals surface area contributed by atoms with Gasteiger partial charge in [0.05, 0.1) is 11.1 Å². The van der Waals surface area contributed by atoms with Crippen molar-refractivity contribution in [1.29, 1.82) is 5.26 Å². The third-order valence-electron chi connectivity index (χ3n) is 5.96. The highest BCUT2D eigenvalue weighted by Gasteiger charge is 2.24. The van der Waals surface area contributed by atoms with E-state index in [0.717, 1.165) is 18.0 Å². The van der Waals surface area contributed by atoms with E-state index in [4.69, 9.17) is 11.1 Å². The number of carbonyl (C=O) groups is 3. The maximum atomic E-state index is 13.8. The molecule has 10 heteroatoms. The van der Waals surface area contributed by atoms with Gasteiger partial charge in [-0.2, -0.15) is 5.26 Å². The fourth-order valence-electron chi connectivity index (χ4n) is 4.08. The van der Waals surface area contributed by atoms with Crippen molar-refractivity contribution >= 4 is 23.4 Å². The number of amides is 2. The second kappa shape index (κ2) is 10.8. The Hall–Kier alpha value is -4.62. The fourth-order valence-corrected chi connectivity index (χ4v) is 4.08. The van der Waals surface area contributed by atoms with E-state index in [1.165, 1.54) is 12.3 Å². The van der Waals surface area contributed by atoms with Crippen LogP contribution in [0.25, 0.3) is 0 Å². The Morgan fingerprint density at radius 3 is 2.47 bits per heavy atom. The zero-order valence-electron chi connectivity index (χ0n) is 19.3. The van der Waals surface area contributed by atoms with Crippen LogP contribution in [0.3, 0.4) is 0 Å². The van der Waals surface area contributed by atoms with Crippen molar-refractivity contribution in [2.75, 3.05) is 31.1 Å². The zero-order chi connectivity index (χ0) is 25.7. The molecule has 9 nitrogen and oxygen atoms in total. The smallest absolute Gasteiger partial charge is 0.265 e. The maximum absolute atomic E-state index is 13.8. The van der Waals surface area contributed by atoms with E-state index < -0.39 is 17.5 Å². The molecule has 2 amide bonds. The second-order valence-corrected chi connectivity index (χ2v) is 8.26. The summed E-state index contributed by atoms with van der Waals surface area (Å²) in [5, 5.41) is 8.92. The molecule has 1 aliphatic heterocycles. The van der Waals surface area contributed by atoms with Crippen molar-refractivity contribution in [2.45, 2.75) is 6.42 Å². The summed E-state index contributed by atoms with van der Waals surface area (Å²) in [4.78, 5) is 46.1. The number of pyridine rings is 1. The lowest BCUT2D eigenvalue weighted by Gasteiger charge is -2.35. The Morgan fingerprint density at radius 2 is 1.81 bits per heavy atom. The topological polar surface area (TPSA) is 132 Å². The number of benzene rings is 2. The van der Waals surface area contributed by atoms with Gasteiger partial charge in [-0.1, -0.05) is 12.1 Å². The number of nitrogens with one attached hydrogen (secondary N) is 1. The molecule has 0 atom stereocenters. The predicted molar refractivity (Wildman–Crippen MR) is 130 cm³/mol. The van der Waals surface area contributed by atoms with Crippen LogP contribution in [-0.2, 0) is 6.42 Å². The van der Waals surface area contributed by atoms with Crippen LogP contribution in [-0.4, -0.2) is 53.7 Å². The van der Waals surface area contributed by atoms with Gasteiger partial charge >= 0.3 is 0 Å². The number of hydrazine groups is 1. The van der Waals surface area contributed by atoms with Gasteiger partial charge in [-0.3, -0.25) is 19.8 Å². The van der Waals surface area contributed by atoms with E-state index in [-0.39, 0.29) is 23.5 Å². The number of aromatic nitrogens is 1. The summed E-state index contributed by atoms with van der Waals surface area (Å²) in [6.45, 7) is 2.16. The number of halogens is 1. The Morgan fingerprint density at radius 1 is 1.03 bits per heavy atom. The van der Waals surface area contributed by atoms with Gasteiger partial charge in [0.15, 0.2) is 5.78 Å². The van der Waals surface area contributed by atoms with E-state index in [9.17, 15) is 18.8 Å². The summed E-state index contributed by atoms with van der Waals surface area (Å²) in [5.74, 6) is 3.95. The minimum Gasteiger partial charge on any atom is -0.353 e. The molecule has 1 aliphatic rings.